The Balaban J connectivity index is 1.40. The minimum Gasteiger partial charge on any atom is -0.324 e. The molecule has 0 bridgehead atoms. The molecule has 2 N–H and O–H groups in total. The minimum atomic E-state index is -0.149. The highest BCUT2D eigenvalue weighted by Gasteiger charge is 2.18. The lowest BCUT2D eigenvalue weighted by Gasteiger charge is -2.27. The van der Waals surface area contributed by atoms with Gasteiger partial charge in [-0.25, -0.2) is 0 Å². The van der Waals surface area contributed by atoms with Crippen LogP contribution in [0, 0.1) is 0 Å². The lowest BCUT2D eigenvalue weighted by atomic mass is 9.96. The molecule has 2 aliphatic heterocycles. The highest BCUT2D eigenvalue weighted by Crippen LogP contribution is 2.33. The quantitative estimate of drug-likeness (QED) is 0.521. The SMILES string of the molecule is O=C1CSc2ccc(NC(=O)c3ccc(-c4ccccc4)c(CN4CCCCC4)c3)cc2N1. The van der Waals surface area contributed by atoms with Gasteiger partial charge in [0.25, 0.3) is 5.91 Å². The fourth-order valence-corrected chi connectivity index (χ4v) is 5.28. The van der Waals surface area contributed by atoms with Gasteiger partial charge in [-0.05, 0) is 73.0 Å². The third-order valence-electron chi connectivity index (χ3n) is 6.17. The topological polar surface area (TPSA) is 61.4 Å². The lowest BCUT2D eigenvalue weighted by Crippen LogP contribution is -2.29. The number of fused-ring (bicyclic) bond motifs is 1. The second kappa shape index (κ2) is 9.81. The monoisotopic (exact) mass is 457 g/mol. The van der Waals surface area contributed by atoms with E-state index in [0.29, 0.717) is 17.0 Å². The van der Waals surface area contributed by atoms with Crippen LogP contribution in [0.4, 0.5) is 11.4 Å². The first-order valence-electron chi connectivity index (χ1n) is 11.4. The molecule has 0 aromatic heterocycles. The summed E-state index contributed by atoms with van der Waals surface area (Å²) in [7, 11) is 0. The van der Waals surface area contributed by atoms with E-state index in [4.69, 9.17) is 0 Å². The molecule has 6 heteroatoms. The van der Waals surface area contributed by atoms with Gasteiger partial charge >= 0.3 is 0 Å². The first-order chi connectivity index (χ1) is 16.2. The number of nitrogens with zero attached hydrogens (tertiary/aromatic N) is 1. The molecule has 0 saturated carbocycles. The summed E-state index contributed by atoms with van der Waals surface area (Å²) in [6.07, 6.45) is 3.76. The number of anilines is 2. The van der Waals surface area contributed by atoms with Crippen molar-refractivity contribution in [1.82, 2.24) is 4.90 Å². The van der Waals surface area contributed by atoms with Crippen molar-refractivity contribution < 1.29 is 9.59 Å². The summed E-state index contributed by atoms with van der Waals surface area (Å²) >= 11 is 1.51. The Morgan fingerprint density at radius 2 is 1.79 bits per heavy atom. The number of carbonyl (C=O) groups is 2. The van der Waals surface area contributed by atoms with Gasteiger partial charge in [0.2, 0.25) is 5.91 Å². The molecule has 3 aromatic rings. The lowest BCUT2D eigenvalue weighted by molar-refractivity contribution is -0.113. The predicted molar refractivity (Wildman–Crippen MR) is 135 cm³/mol. The molecule has 1 saturated heterocycles. The van der Waals surface area contributed by atoms with E-state index in [1.54, 1.807) is 0 Å². The minimum absolute atomic E-state index is 0.0187. The van der Waals surface area contributed by atoms with Crippen LogP contribution in [0.1, 0.15) is 35.2 Å². The van der Waals surface area contributed by atoms with Crippen LogP contribution < -0.4 is 10.6 Å². The van der Waals surface area contributed by atoms with Crippen LogP contribution in [0.2, 0.25) is 0 Å². The zero-order chi connectivity index (χ0) is 22.6. The molecule has 1 fully saturated rings. The predicted octanol–water partition coefficient (Wildman–Crippen LogP) is 5.64. The van der Waals surface area contributed by atoms with Crippen molar-refractivity contribution in [2.45, 2.75) is 30.7 Å². The van der Waals surface area contributed by atoms with Crippen molar-refractivity contribution in [3.05, 3.63) is 77.9 Å². The summed E-state index contributed by atoms with van der Waals surface area (Å²) in [6.45, 7) is 3.04. The van der Waals surface area contributed by atoms with Gasteiger partial charge < -0.3 is 10.6 Å². The Bertz CT molecular complexity index is 1170. The fraction of sp³-hybridized carbons (Fsp3) is 0.259. The molecule has 5 rings (SSSR count). The normalized spacial score (nSPS) is 16.1. The second-order valence-corrected chi connectivity index (χ2v) is 9.59. The summed E-state index contributed by atoms with van der Waals surface area (Å²) in [6, 6.07) is 22.0. The number of amides is 2. The molecule has 0 unspecified atom stereocenters. The number of carbonyl (C=O) groups excluding carboxylic acids is 2. The van der Waals surface area contributed by atoms with Gasteiger partial charge in [0.05, 0.1) is 11.4 Å². The molecular formula is C27H27N3O2S. The molecule has 0 atom stereocenters. The first kappa shape index (κ1) is 21.7. The molecule has 0 spiro atoms. The Labute approximate surface area is 198 Å². The van der Waals surface area contributed by atoms with Crippen LogP contribution in [-0.4, -0.2) is 35.6 Å². The summed E-state index contributed by atoms with van der Waals surface area (Å²) < 4.78 is 0. The van der Waals surface area contributed by atoms with Gasteiger partial charge in [0.15, 0.2) is 0 Å². The number of benzene rings is 3. The zero-order valence-corrected chi connectivity index (χ0v) is 19.3. The standard InChI is InChI=1S/C27H27N3O2S/c31-26-18-33-25-12-10-22(16-24(25)29-26)28-27(32)20-9-11-23(19-7-3-1-4-8-19)21(15-20)17-30-13-5-2-6-14-30/h1,3-4,7-12,15-16H,2,5-6,13-14,17-18H2,(H,28,32)(H,29,31). The Morgan fingerprint density at radius 1 is 0.970 bits per heavy atom. The molecule has 3 aromatic carbocycles. The van der Waals surface area contributed by atoms with Crippen LogP contribution in [0.25, 0.3) is 11.1 Å². The Kier molecular flexibility index (Phi) is 6.46. The van der Waals surface area contributed by atoms with E-state index in [0.717, 1.165) is 30.2 Å². The van der Waals surface area contributed by atoms with Crippen molar-refractivity contribution in [2.75, 3.05) is 29.5 Å². The molecule has 2 aliphatic rings. The van der Waals surface area contributed by atoms with Gasteiger partial charge in [0.1, 0.15) is 0 Å². The fourth-order valence-electron chi connectivity index (χ4n) is 4.49. The van der Waals surface area contributed by atoms with E-state index in [9.17, 15) is 9.59 Å². The average molecular weight is 458 g/mol. The molecule has 5 nitrogen and oxygen atoms in total. The van der Waals surface area contributed by atoms with Gasteiger partial charge in [-0.2, -0.15) is 0 Å². The van der Waals surface area contributed by atoms with Crippen molar-refractivity contribution in [3.8, 4) is 11.1 Å². The van der Waals surface area contributed by atoms with Crippen LogP contribution in [-0.2, 0) is 11.3 Å². The number of likely N-dealkylation sites (tertiary alicyclic amines) is 1. The molecular weight excluding hydrogens is 430 g/mol. The third kappa shape index (κ3) is 5.13. The van der Waals surface area contributed by atoms with Gasteiger partial charge in [-0.3, -0.25) is 14.5 Å². The molecule has 0 radical (unpaired) electrons. The largest absolute Gasteiger partial charge is 0.324 e. The highest BCUT2D eigenvalue weighted by atomic mass is 32.2. The van der Waals surface area contributed by atoms with Gasteiger partial charge in [-0.1, -0.05) is 42.8 Å². The van der Waals surface area contributed by atoms with Crippen LogP contribution >= 0.6 is 11.8 Å². The van der Waals surface area contributed by atoms with Gasteiger partial charge in [0, 0.05) is 22.7 Å². The number of rotatable bonds is 5. The van der Waals surface area contributed by atoms with E-state index >= 15 is 0 Å². The van der Waals surface area contributed by atoms with E-state index in [2.05, 4.69) is 33.7 Å². The Hall–Kier alpha value is -3.09. The molecule has 33 heavy (non-hydrogen) atoms. The second-order valence-electron chi connectivity index (χ2n) is 8.58. The molecule has 2 amide bonds. The maximum Gasteiger partial charge on any atom is 0.255 e. The number of hydrogen-bond acceptors (Lipinski definition) is 4. The smallest absolute Gasteiger partial charge is 0.255 e. The molecule has 168 valence electrons. The average Bonchev–Trinajstić information content (AvgIpc) is 2.85. The maximum atomic E-state index is 13.1. The number of nitrogens with one attached hydrogen (secondary N) is 2. The molecule has 2 heterocycles. The first-order valence-corrected chi connectivity index (χ1v) is 12.4. The summed E-state index contributed by atoms with van der Waals surface area (Å²) in [5.74, 6) is 0.255. The Morgan fingerprint density at radius 3 is 2.61 bits per heavy atom. The van der Waals surface area contributed by atoms with Crippen molar-refractivity contribution in [2.24, 2.45) is 0 Å². The third-order valence-corrected chi connectivity index (χ3v) is 7.24. The summed E-state index contributed by atoms with van der Waals surface area (Å²) in [5.41, 5.74) is 5.57. The van der Waals surface area contributed by atoms with Crippen molar-refractivity contribution in [1.29, 1.82) is 0 Å². The van der Waals surface area contributed by atoms with Crippen LogP contribution in [0.15, 0.2) is 71.6 Å². The maximum absolute atomic E-state index is 13.1. The number of piperidine rings is 1. The number of thioether (sulfide) groups is 1. The van der Waals surface area contributed by atoms with E-state index in [-0.39, 0.29) is 11.8 Å². The van der Waals surface area contributed by atoms with Crippen LogP contribution in [0.5, 0.6) is 0 Å². The van der Waals surface area contributed by atoms with E-state index < -0.39 is 0 Å². The number of hydrogen-bond donors (Lipinski definition) is 2. The van der Waals surface area contributed by atoms with Crippen molar-refractivity contribution >= 4 is 35.0 Å². The van der Waals surface area contributed by atoms with Crippen molar-refractivity contribution in [3.63, 3.8) is 0 Å². The summed E-state index contributed by atoms with van der Waals surface area (Å²) in [5, 5.41) is 5.88. The van der Waals surface area contributed by atoms with E-state index in [1.165, 1.54) is 47.7 Å². The van der Waals surface area contributed by atoms with Gasteiger partial charge in [-0.15, -0.1) is 11.8 Å². The summed E-state index contributed by atoms with van der Waals surface area (Å²) in [4.78, 5) is 28.3. The molecule has 0 aliphatic carbocycles. The van der Waals surface area contributed by atoms with Crippen LogP contribution in [0.3, 0.4) is 0 Å². The van der Waals surface area contributed by atoms with E-state index in [1.807, 2.05) is 48.5 Å². The highest BCUT2D eigenvalue weighted by molar-refractivity contribution is 8.00. The zero-order valence-electron chi connectivity index (χ0n) is 18.5.